The smallest absolute Gasteiger partial charge is 0.181 e. The Bertz CT molecular complexity index is 395. The SMILES string of the molecule is c1nnnc2c1Nc1cnnnc1N2. The van der Waals surface area contributed by atoms with Crippen molar-refractivity contribution in [2.45, 2.75) is 0 Å². The minimum absolute atomic E-state index is 0.577. The second-order valence-electron chi connectivity index (χ2n) is 2.64. The van der Waals surface area contributed by atoms with Gasteiger partial charge in [0, 0.05) is 0 Å². The van der Waals surface area contributed by atoms with Crippen LogP contribution in [0.3, 0.4) is 0 Å². The molecule has 0 bridgehead atoms. The van der Waals surface area contributed by atoms with E-state index in [-0.39, 0.29) is 0 Å². The number of hydrogen-bond donors (Lipinski definition) is 2. The van der Waals surface area contributed by atoms with Crippen molar-refractivity contribution in [3.63, 3.8) is 0 Å². The van der Waals surface area contributed by atoms with Crippen LogP contribution in [-0.4, -0.2) is 30.8 Å². The van der Waals surface area contributed by atoms with E-state index in [2.05, 4.69) is 41.5 Å². The molecule has 0 atom stereocenters. The third kappa shape index (κ3) is 0.937. The first kappa shape index (κ1) is 7.06. The summed E-state index contributed by atoms with van der Waals surface area (Å²) in [7, 11) is 0. The van der Waals surface area contributed by atoms with Gasteiger partial charge in [-0.05, 0) is 10.4 Å². The summed E-state index contributed by atoms with van der Waals surface area (Å²) in [4.78, 5) is 0. The van der Waals surface area contributed by atoms with Gasteiger partial charge in [-0.2, -0.15) is 0 Å². The van der Waals surface area contributed by atoms with Gasteiger partial charge in [-0.15, -0.1) is 20.4 Å². The molecule has 8 nitrogen and oxygen atoms in total. The molecular weight excluding hydrogens is 184 g/mol. The predicted molar refractivity (Wildman–Crippen MR) is 46.2 cm³/mol. The fourth-order valence-electron chi connectivity index (χ4n) is 1.16. The highest BCUT2D eigenvalue weighted by Gasteiger charge is 2.16. The predicted octanol–water partition coefficient (Wildman–Crippen LogP) is -0.143. The van der Waals surface area contributed by atoms with Gasteiger partial charge < -0.3 is 10.6 Å². The van der Waals surface area contributed by atoms with Crippen molar-refractivity contribution in [1.29, 1.82) is 0 Å². The number of hydrogen-bond acceptors (Lipinski definition) is 8. The molecule has 0 unspecified atom stereocenters. The molecule has 3 rings (SSSR count). The first-order valence-electron chi connectivity index (χ1n) is 3.84. The van der Waals surface area contributed by atoms with Gasteiger partial charge in [0.1, 0.15) is 11.4 Å². The molecule has 68 valence electrons. The summed E-state index contributed by atoms with van der Waals surface area (Å²) < 4.78 is 0. The molecule has 1 aliphatic heterocycles. The molecule has 0 saturated carbocycles. The van der Waals surface area contributed by atoms with E-state index in [0.29, 0.717) is 11.6 Å². The van der Waals surface area contributed by atoms with Crippen LogP contribution in [0.15, 0.2) is 12.4 Å². The highest BCUT2D eigenvalue weighted by Crippen LogP contribution is 2.32. The lowest BCUT2D eigenvalue weighted by atomic mass is 10.3. The number of nitrogens with one attached hydrogen (secondary N) is 2. The Morgan fingerprint density at radius 3 is 1.93 bits per heavy atom. The normalized spacial score (nSPS) is 12.0. The molecule has 0 radical (unpaired) electrons. The van der Waals surface area contributed by atoms with E-state index in [1.54, 1.807) is 12.4 Å². The summed E-state index contributed by atoms with van der Waals surface area (Å²) in [5.41, 5.74) is 1.48. The molecule has 0 spiro atoms. The van der Waals surface area contributed by atoms with Crippen molar-refractivity contribution in [3.8, 4) is 0 Å². The van der Waals surface area contributed by atoms with E-state index in [1.807, 2.05) is 0 Å². The van der Waals surface area contributed by atoms with Crippen molar-refractivity contribution in [3.05, 3.63) is 12.4 Å². The number of rotatable bonds is 0. The molecule has 3 heterocycles. The molecule has 1 aliphatic rings. The highest BCUT2D eigenvalue weighted by atomic mass is 15.4. The number of aromatic nitrogens is 6. The van der Waals surface area contributed by atoms with Crippen LogP contribution in [0, 0.1) is 0 Å². The maximum absolute atomic E-state index is 3.80. The van der Waals surface area contributed by atoms with Crippen LogP contribution in [0.2, 0.25) is 0 Å². The van der Waals surface area contributed by atoms with Gasteiger partial charge in [-0.25, -0.2) is 0 Å². The van der Waals surface area contributed by atoms with Crippen molar-refractivity contribution in [2.24, 2.45) is 0 Å². The highest BCUT2D eigenvalue weighted by molar-refractivity contribution is 5.84. The minimum Gasteiger partial charge on any atom is -0.347 e. The summed E-state index contributed by atoms with van der Waals surface area (Å²) in [6.45, 7) is 0. The maximum Gasteiger partial charge on any atom is 0.181 e. The second-order valence-corrected chi connectivity index (χ2v) is 2.64. The fraction of sp³-hybridized carbons (Fsp3) is 0. The lowest BCUT2D eigenvalue weighted by Crippen LogP contribution is -2.11. The average molecular weight is 188 g/mol. The molecule has 8 heteroatoms. The molecule has 0 saturated heterocycles. The van der Waals surface area contributed by atoms with E-state index in [9.17, 15) is 0 Å². The number of fused-ring (bicyclic) bond motifs is 2. The van der Waals surface area contributed by atoms with Crippen LogP contribution in [0.25, 0.3) is 0 Å². The van der Waals surface area contributed by atoms with Crippen molar-refractivity contribution >= 4 is 23.0 Å². The quantitative estimate of drug-likeness (QED) is 0.502. The van der Waals surface area contributed by atoms with Gasteiger partial charge in [0.05, 0.1) is 12.4 Å². The standard InChI is InChI=1S/C6H4N8/c1-3-5(11-13-7-1)10-6-4(9-3)2-8-14-12-6/h1-2,9H,(H,7,8,10,11,12). The molecule has 0 fully saturated rings. The van der Waals surface area contributed by atoms with Crippen molar-refractivity contribution in [2.75, 3.05) is 10.6 Å². The largest absolute Gasteiger partial charge is 0.347 e. The molecule has 2 N–H and O–H groups in total. The van der Waals surface area contributed by atoms with Gasteiger partial charge in [0.25, 0.3) is 0 Å². The molecule has 0 amide bonds. The lowest BCUT2D eigenvalue weighted by Gasteiger charge is -2.17. The van der Waals surface area contributed by atoms with Gasteiger partial charge in [-0.3, -0.25) is 0 Å². The zero-order valence-corrected chi connectivity index (χ0v) is 6.84. The van der Waals surface area contributed by atoms with Crippen LogP contribution in [-0.2, 0) is 0 Å². The van der Waals surface area contributed by atoms with Crippen molar-refractivity contribution < 1.29 is 0 Å². The molecule has 0 aromatic carbocycles. The van der Waals surface area contributed by atoms with E-state index >= 15 is 0 Å². The number of anilines is 4. The Labute approximate surface area is 77.8 Å². The fourth-order valence-corrected chi connectivity index (χ4v) is 1.16. The zero-order chi connectivity index (χ0) is 9.38. The van der Waals surface area contributed by atoms with E-state index in [1.165, 1.54) is 0 Å². The molecule has 0 aliphatic carbocycles. The van der Waals surface area contributed by atoms with Crippen LogP contribution < -0.4 is 10.6 Å². The first-order chi connectivity index (χ1) is 6.93. The second kappa shape index (κ2) is 2.55. The zero-order valence-electron chi connectivity index (χ0n) is 6.84. The number of nitrogens with zero attached hydrogens (tertiary/aromatic N) is 6. The summed E-state index contributed by atoms with van der Waals surface area (Å²) >= 11 is 0. The Morgan fingerprint density at radius 1 is 0.786 bits per heavy atom. The first-order valence-corrected chi connectivity index (χ1v) is 3.84. The molecule has 2 aromatic heterocycles. The lowest BCUT2D eigenvalue weighted by molar-refractivity contribution is 0.849. The third-order valence-corrected chi connectivity index (χ3v) is 1.78. The van der Waals surface area contributed by atoms with Gasteiger partial charge in [0.15, 0.2) is 11.6 Å². The minimum atomic E-state index is 0.577. The van der Waals surface area contributed by atoms with Crippen LogP contribution in [0.4, 0.5) is 23.0 Å². The van der Waals surface area contributed by atoms with Crippen molar-refractivity contribution in [1.82, 2.24) is 30.8 Å². The topological polar surface area (TPSA) is 101 Å². The Balaban J connectivity index is 2.12. The summed E-state index contributed by atoms with van der Waals surface area (Å²) in [5.74, 6) is 1.15. The Morgan fingerprint density at radius 2 is 1.36 bits per heavy atom. The van der Waals surface area contributed by atoms with Crippen LogP contribution >= 0.6 is 0 Å². The van der Waals surface area contributed by atoms with Crippen LogP contribution in [0.5, 0.6) is 0 Å². The Hall–Kier alpha value is -2.38. The molecule has 2 aromatic rings. The Kier molecular flexibility index (Phi) is 1.29. The summed E-state index contributed by atoms with van der Waals surface area (Å²) in [6.07, 6.45) is 3.14. The van der Waals surface area contributed by atoms with E-state index in [0.717, 1.165) is 11.4 Å². The average Bonchev–Trinajstić information content (AvgIpc) is 2.26. The van der Waals surface area contributed by atoms with E-state index < -0.39 is 0 Å². The molecular formula is C6H4N8. The third-order valence-electron chi connectivity index (χ3n) is 1.78. The van der Waals surface area contributed by atoms with Gasteiger partial charge in [-0.1, -0.05) is 0 Å². The summed E-state index contributed by atoms with van der Waals surface area (Å²) in [6, 6.07) is 0. The monoisotopic (exact) mass is 188 g/mol. The summed E-state index contributed by atoms with van der Waals surface area (Å²) in [5, 5.41) is 27.9. The van der Waals surface area contributed by atoms with Crippen LogP contribution in [0.1, 0.15) is 0 Å². The van der Waals surface area contributed by atoms with Gasteiger partial charge in [0.2, 0.25) is 0 Å². The van der Waals surface area contributed by atoms with Gasteiger partial charge >= 0.3 is 0 Å². The maximum atomic E-state index is 3.80. The molecule has 14 heavy (non-hydrogen) atoms. The van der Waals surface area contributed by atoms with E-state index in [4.69, 9.17) is 0 Å².